The topological polar surface area (TPSA) is 21.3 Å². The molecule has 0 aliphatic heterocycles. The molecule has 0 amide bonds. The van der Waals surface area contributed by atoms with Crippen molar-refractivity contribution < 1.29 is 4.74 Å². The predicted molar refractivity (Wildman–Crippen MR) is 90.2 cm³/mol. The fraction of sp³-hybridized carbons (Fsp3) is 0.368. The first-order chi connectivity index (χ1) is 10.1. The number of nitrogens with one attached hydrogen (secondary N) is 1. The Balaban J connectivity index is 2.14. The maximum atomic E-state index is 5.44. The summed E-state index contributed by atoms with van der Waals surface area (Å²) in [6, 6.07) is 16.9. The Morgan fingerprint density at radius 3 is 2.38 bits per heavy atom. The van der Waals surface area contributed by atoms with Crippen LogP contribution in [0.4, 0.5) is 5.69 Å². The molecule has 0 bridgehead atoms. The molecule has 1 atom stereocenters. The van der Waals surface area contributed by atoms with Crippen molar-refractivity contribution in [3.8, 4) is 5.75 Å². The van der Waals surface area contributed by atoms with E-state index in [2.05, 4.69) is 68.6 Å². The molecule has 2 nitrogen and oxygen atoms in total. The summed E-state index contributed by atoms with van der Waals surface area (Å²) in [5.74, 6) is 1.96. The summed E-state index contributed by atoms with van der Waals surface area (Å²) in [6.45, 7) is 7.54. The van der Waals surface area contributed by atoms with Crippen LogP contribution in [0.1, 0.15) is 30.9 Å². The number of benzene rings is 2. The van der Waals surface area contributed by atoms with Gasteiger partial charge >= 0.3 is 0 Å². The van der Waals surface area contributed by atoms with Gasteiger partial charge < -0.3 is 10.1 Å². The van der Waals surface area contributed by atoms with Gasteiger partial charge in [-0.1, -0.05) is 50.2 Å². The van der Waals surface area contributed by atoms with Crippen LogP contribution in [0.5, 0.6) is 5.75 Å². The third-order valence-corrected chi connectivity index (χ3v) is 3.90. The van der Waals surface area contributed by atoms with Gasteiger partial charge in [-0.05, 0) is 36.1 Å². The van der Waals surface area contributed by atoms with E-state index in [4.69, 9.17) is 4.74 Å². The molecule has 2 heteroatoms. The smallest absolute Gasteiger partial charge is 0.141 e. The summed E-state index contributed by atoms with van der Waals surface area (Å²) in [7, 11) is 1.72. The van der Waals surface area contributed by atoms with E-state index in [1.54, 1.807) is 7.11 Å². The minimum Gasteiger partial charge on any atom is -0.495 e. The molecule has 0 heterocycles. The number of hydrogen-bond acceptors (Lipinski definition) is 2. The van der Waals surface area contributed by atoms with Crippen molar-refractivity contribution in [1.29, 1.82) is 0 Å². The van der Waals surface area contributed by atoms with Gasteiger partial charge in [-0.25, -0.2) is 0 Å². The Hall–Kier alpha value is -1.96. The van der Waals surface area contributed by atoms with E-state index >= 15 is 0 Å². The average molecular weight is 283 g/mol. The fourth-order valence-electron chi connectivity index (χ4n) is 2.62. The van der Waals surface area contributed by atoms with E-state index < -0.39 is 0 Å². The predicted octanol–water partition coefficient (Wildman–Crippen LogP) is 4.86. The zero-order valence-electron chi connectivity index (χ0n) is 13.4. The van der Waals surface area contributed by atoms with Crippen molar-refractivity contribution in [3.63, 3.8) is 0 Å². The van der Waals surface area contributed by atoms with Crippen LogP contribution in [-0.4, -0.2) is 13.7 Å². The molecule has 1 N–H and O–H groups in total. The monoisotopic (exact) mass is 283 g/mol. The Labute approximate surface area is 128 Å². The molecule has 0 fully saturated rings. The number of methoxy groups -OCH3 is 1. The van der Waals surface area contributed by atoms with Crippen LogP contribution in [0.15, 0.2) is 48.5 Å². The SMILES string of the molecule is COc1ccc(C)cc1NCC(c1ccccc1)C(C)C. The fourth-order valence-corrected chi connectivity index (χ4v) is 2.62. The third-order valence-electron chi connectivity index (χ3n) is 3.90. The largest absolute Gasteiger partial charge is 0.495 e. The summed E-state index contributed by atoms with van der Waals surface area (Å²) in [5.41, 5.74) is 3.69. The number of anilines is 1. The van der Waals surface area contributed by atoms with Crippen molar-refractivity contribution in [2.75, 3.05) is 19.0 Å². The van der Waals surface area contributed by atoms with E-state index in [1.165, 1.54) is 11.1 Å². The van der Waals surface area contributed by atoms with Crippen molar-refractivity contribution in [2.24, 2.45) is 5.92 Å². The van der Waals surface area contributed by atoms with Crippen LogP contribution in [0.3, 0.4) is 0 Å². The van der Waals surface area contributed by atoms with Crippen molar-refractivity contribution in [2.45, 2.75) is 26.7 Å². The first-order valence-corrected chi connectivity index (χ1v) is 7.55. The third kappa shape index (κ3) is 4.01. The molecule has 0 saturated heterocycles. The van der Waals surface area contributed by atoms with Gasteiger partial charge in [0.2, 0.25) is 0 Å². The molecule has 1 unspecified atom stereocenters. The summed E-state index contributed by atoms with van der Waals surface area (Å²) in [6.07, 6.45) is 0. The lowest BCUT2D eigenvalue weighted by Gasteiger charge is -2.23. The molecule has 2 aromatic carbocycles. The second kappa shape index (κ2) is 7.16. The van der Waals surface area contributed by atoms with E-state index in [0.717, 1.165) is 18.0 Å². The second-order valence-electron chi connectivity index (χ2n) is 5.85. The normalized spacial score (nSPS) is 12.2. The summed E-state index contributed by atoms with van der Waals surface area (Å²) in [5, 5.41) is 3.56. The van der Waals surface area contributed by atoms with Gasteiger partial charge in [0.15, 0.2) is 0 Å². The van der Waals surface area contributed by atoms with Crippen LogP contribution >= 0.6 is 0 Å². The van der Waals surface area contributed by atoms with Crippen molar-refractivity contribution in [1.82, 2.24) is 0 Å². The molecule has 0 saturated carbocycles. The van der Waals surface area contributed by atoms with Crippen LogP contribution in [0.2, 0.25) is 0 Å². The summed E-state index contributed by atoms with van der Waals surface area (Å²) in [4.78, 5) is 0. The molecule has 2 aromatic rings. The standard InChI is InChI=1S/C19H25NO/c1-14(2)17(16-8-6-5-7-9-16)13-20-18-12-15(3)10-11-19(18)21-4/h5-12,14,17,20H,13H2,1-4H3. The van der Waals surface area contributed by atoms with Crippen LogP contribution in [0, 0.1) is 12.8 Å². The van der Waals surface area contributed by atoms with E-state index in [1.807, 2.05) is 6.07 Å². The molecule has 112 valence electrons. The van der Waals surface area contributed by atoms with Gasteiger partial charge in [-0.2, -0.15) is 0 Å². The van der Waals surface area contributed by atoms with E-state index in [-0.39, 0.29) is 0 Å². The first-order valence-electron chi connectivity index (χ1n) is 7.55. The Bertz CT molecular complexity index is 563. The molecule has 0 aliphatic rings. The lowest BCUT2D eigenvalue weighted by molar-refractivity contribution is 0.415. The number of aryl methyl sites for hydroxylation is 1. The minimum atomic E-state index is 0.483. The Morgan fingerprint density at radius 2 is 1.76 bits per heavy atom. The molecule has 0 aromatic heterocycles. The number of ether oxygens (including phenoxy) is 1. The van der Waals surface area contributed by atoms with Crippen LogP contribution in [-0.2, 0) is 0 Å². The Morgan fingerprint density at radius 1 is 1.05 bits per heavy atom. The highest BCUT2D eigenvalue weighted by atomic mass is 16.5. The maximum Gasteiger partial charge on any atom is 0.141 e. The van der Waals surface area contributed by atoms with Crippen molar-refractivity contribution in [3.05, 3.63) is 59.7 Å². The van der Waals surface area contributed by atoms with E-state index in [0.29, 0.717) is 11.8 Å². The molecule has 2 rings (SSSR count). The zero-order chi connectivity index (χ0) is 15.2. The lowest BCUT2D eigenvalue weighted by atomic mass is 9.88. The Kier molecular flexibility index (Phi) is 5.26. The summed E-state index contributed by atoms with van der Waals surface area (Å²) >= 11 is 0. The number of hydrogen-bond donors (Lipinski definition) is 1. The molecule has 0 aliphatic carbocycles. The van der Waals surface area contributed by atoms with Crippen molar-refractivity contribution >= 4 is 5.69 Å². The maximum absolute atomic E-state index is 5.44. The molecule has 0 radical (unpaired) electrons. The average Bonchev–Trinajstić information content (AvgIpc) is 2.48. The highest BCUT2D eigenvalue weighted by Crippen LogP contribution is 2.29. The van der Waals surface area contributed by atoms with Crippen LogP contribution in [0.25, 0.3) is 0 Å². The van der Waals surface area contributed by atoms with Gasteiger partial charge in [-0.15, -0.1) is 0 Å². The van der Waals surface area contributed by atoms with Gasteiger partial charge in [0.1, 0.15) is 5.75 Å². The zero-order valence-corrected chi connectivity index (χ0v) is 13.4. The lowest BCUT2D eigenvalue weighted by Crippen LogP contribution is -2.18. The quantitative estimate of drug-likeness (QED) is 0.817. The molecular formula is C19H25NO. The highest BCUT2D eigenvalue weighted by molar-refractivity contribution is 5.58. The molecular weight excluding hydrogens is 258 g/mol. The first kappa shape index (κ1) is 15.4. The molecule has 0 spiro atoms. The van der Waals surface area contributed by atoms with Gasteiger partial charge in [0, 0.05) is 12.5 Å². The second-order valence-corrected chi connectivity index (χ2v) is 5.85. The van der Waals surface area contributed by atoms with E-state index in [9.17, 15) is 0 Å². The molecule has 21 heavy (non-hydrogen) atoms. The number of rotatable bonds is 6. The highest BCUT2D eigenvalue weighted by Gasteiger charge is 2.16. The van der Waals surface area contributed by atoms with Gasteiger partial charge in [0.25, 0.3) is 0 Å². The van der Waals surface area contributed by atoms with Gasteiger partial charge in [0.05, 0.1) is 12.8 Å². The summed E-state index contributed by atoms with van der Waals surface area (Å²) < 4.78 is 5.44. The minimum absolute atomic E-state index is 0.483. The van der Waals surface area contributed by atoms with Crippen LogP contribution < -0.4 is 10.1 Å². The van der Waals surface area contributed by atoms with Gasteiger partial charge in [-0.3, -0.25) is 0 Å².